The third kappa shape index (κ3) is 5.03. The summed E-state index contributed by atoms with van der Waals surface area (Å²) in [5, 5.41) is 7.22. The Hall–Kier alpha value is -3.38. The van der Waals surface area contributed by atoms with Crippen LogP contribution < -0.4 is 10.7 Å². The average molecular weight is 437 g/mol. The smallest absolute Gasteiger partial charge is 0.318 e. The van der Waals surface area contributed by atoms with Crippen molar-refractivity contribution in [1.82, 2.24) is 9.99 Å². The van der Waals surface area contributed by atoms with Gasteiger partial charge >= 0.3 is 11.8 Å². The first kappa shape index (κ1) is 22.3. The van der Waals surface area contributed by atoms with Gasteiger partial charge in [0.1, 0.15) is 0 Å². The minimum absolute atomic E-state index is 0.563. The number of carbonyl (C=O) groups excluding carboxylic acids is 2. The fraction of sp³-hybridized carbons (Fsp3) is 0.208. The molecular formula is C24H25ClN4O2. The summed E-state index contributed by atoms with van der Waals surface area (Å²) in [6, 6.07) is 13.3. The zero-order chi connectivity index (χ0) is 22.7. The lowest BCUT2D eigenvalue weighted by Gasteiger charge is -2.11. The number of carbonyl (C=O) groups is 2. The molecular weight excluding hydrogens is 412 g/mol. The van der Waals surface area contributed by atoms with Gasteiger partial charge in [0.25, 0.3) is 0 Å². The van der Waals surface area contributed by atoms with Crippen molar-refractivity contribution >= 4 is 35.3 Å². The Labute approximate surface area is 186 Å². The number of aryl methyl sites for hydroxylation is 4. The van der Waals surface area contributed by atoms with Crippen molar-refractivity contribution in [1.29, 1.82) is 0 Å². The monoisotopic (exact) mass is 436 g/mol. The molecule has 0 saturated carbocycles. The summed E-state index contributed by atoms with van der Waals surface area (Å²) in [7, 11) is 0. The average Bonchev–Trinajstić information content (AvgIpc) is 3.00. The van der Waals surface area contributed by atoms with Gasteiger partial charge in [-0.25, -0.2) is 5.43 Å². The molecule has 0 aliphatic carbocycles. The number of benzene rings is 2. The number of rotatable bonds is 4. The first-order chi connectivity index (χ1) is 14.7. The van der Waals surface area contributed by atoms with Crippen LogP contribution in [-0.4, -0.2) is 22.6 Å². The largest absolute Gasteiger partial charge is 0.329 e. The molecule has 0 radical (unpaired) electrons. The van der Waals surface area contributed by atoms with E-state index in [2.05, 4.69) is 20.4 Å². The minimum atomic E-state index is -0.839. The van der Waals surface area contributed by atoms with Crippen LogP contribution in [0.5, 0.6) is 0 Å². The van der Waals surface area contributed by atoms with Crippen molar-refractivity contribution in [2.75, 3.05) is 5.32 Å². The number of hydrazone groups is 1. The van der Waals surface area contributed by atoms with E-state index >= 15 is 0 Å². The summed E-state index contributed by atoms with van der Waals surface area (Å²) < 4.78 is 2.06. The van der Waals surface area contributed by atoms with E-state index in [1.807, 2.05) is 71.0 Å². The minimum Gasteiger partial charge on any atom is -0.318 e. The normalized spacial score (nSPS) is 11.0. The lowest BCUT2D eigenvalue weighted by molar-refractivity contribution is -0.136. The van der Waals surface area contributed by atoms with E-state index in [0.717, 1.165) is 39.3 Å². The SMILES string of the molecule is Cc1ccc(NC(=O)C(=O)N/N=C\c2cc(C)n(-c3ccc(C)c(Cl)c3)c2C)cc1C. The van der Waals surface area contributed by atoms with Gasteiger partial charge in [-0.15, -0.1) is 0 Å². The van der Waals surface area contributed by atoms with Crippen LogP contribution in [0.25, 0.3) is 5.69 Å². The molecule has 0 unspecified atom stereocenters. The predicted molar refractivity (Wildman–Crippen MR) is 125 cm³/mol. The first-order valence-electron chi connectivity index (χ1n) is 9.84. The second-order valence-electron chi connectivity index (χ2n) is 7.55. The molecule has 3 rings (SSSR count). The highest BCUT2D eigenvalue weighted by Gasteiger charge is 2.14. The van der Waals surface area contributed by atoms with Crippen LogP contribution in [0.15, 0.2) is 47.6 Å². The summed E-state index contributed by atoms with van der Waals surface area (Å²) in [5.74, 6) is -1.62. The Morgan fingerprint density at radius 1 is 0.903 bits per heavy atom. The molecule has 6 nitrogen and oxygen atoms in total. The predicted octanol–water partition coefficient (Wildman–Crippen LogP) is 4.76. The number of nitrogens with one attached hydrogen (secondary N) is 2. The third-order valence-electron chi connectivity index (χ3n) is 5.22. The van der Waals surface area contributed by atoms with Crippen LogP contribution in [0.3, 0.4) is 0 Å². The number of hydrogen-bond donors (Lipinski definition) is 2. The Balaban J connectivity index is 1.69. The molecule has 3 aromatic rings. The molecule has 0 aliphatic rings. The summed E-state index contributed by atoms with van der Waals surface area (Å²) in [5.41, 5.74) is 9.70. The van der Waals surface area contributed by atoms with E-state index in [1.165, 1.54) is 6.21 Å². The van der Waals surface area contributed by atoms with E-state index in [0.29, 0.717) is 10.7 Å². The highest BCUT2D eigenvalue weighted by molar-refractivity contribution is 6.39. The van der Waals surface area contributed by atoms with Crippen molar-refractivity contribution in [3.05, 3.63) is 81.1 Å². The van der Waals surface area contributed by atoms with Gasteiger partial charge in [0.05, 0.1) is 6.21 Å². The second kappa shape index (κ2) is 9.18. The van der Waals surface area contributed by atoms with Crippen molar-refractivity contribution in [3.8, 4) is 5.69 Å². The summed E-state index contributed by atoms with van der Waals surface area (Å²) in [4.78, 5) is 24.2. The molecule has 0 saturated heterocycles. The Bertz CT molecular complexity index is 1190. The molecule has 0 spiro atoms. The van der Waals surface area contributed by atoms with Crippen LogP contribution in [0, 0.1) is 34.6 Å². The summed E-state index contributed by atoms with van der Waals surface area (Å²) in [6.45, 7) is 9.81. The van der Waals surface area contributed by atoms with Crippen molar-refractivity contribution in [2.24, 2.45) is 5.10 Å². The number of aromatic nitrogens is 1. The third-order valence-corrected chi connectivity index (χ3v) is 5.63. The molecule has 31 heavy (non-hydrogen) atoms. The molecule has 1 aromatic heterocycles. The zero-order valence-corrected chi connectivity index (χ0v) is 19.0. The fourth-order valence-electron chi connectivity index (χ4n) is 3.25. The lowest BCUT2D eigenvalue weighted by atomic mass is 10.1. The van der Waals surface area contributed by atoms with Crippen LogP contribution in [0.2, 0.25) is 5.02 Å². The highest BCUT2D eigenvalue weighted by atomic mass is 35.5. The maximum absolute atomic E-state index is 12.1. The Morgan fingerprint density at radius 2 is 1.61 bits per heavy atom. The highest BCUT2D eigenvalue weighted by Crippen LogP contribution is 2.24. The van der Waals surface area contributed by atoms with Crippen LogP contribution in [0.1, 0.15) is 33.6 Å². The van der Waals surface area contributed by atoms with E-state index in [1.54, 1.807) is 6.07 Å². The maximum Gasteiger partial charge on any atom is 0.329 e. The van der Waals surface area contributed by atoms with Crippen LogP contribution in [-0.2, 0) is 9.59 Å². The number of anilines is 1. The molecule has 7 heteroatoms. The quantitative estimate of drug-likeness (QED) is 0.351. The topological polar surface area (TPSA) is 75.5 Å². The van der Waals surface area contributed by atoms with Crippen molar-refractivity contribution in [3.63, 3.8) is 0 Å². The zero-order valence-electron chi connectivity index (χ0n) is 18.2. The van der Waals surface area contributed by atoms with Gasteiger partial charge < -0.3 is 9.88 Å². The number of halogens is 1. The van der Waals surface area contributed by atoms with E-state index in [-0.39, 0.29) is 0 Å². The van der Waals surface area contributed by atoms with Gasteiger partial charge in [-0.2, -0.15) is 5.10 Å². The van der Waals surface area contributed by atoms with Crippen molar-refractivity contribution < 1.29 is 9.59 Å². The molecule has 160 valence electrons. The molecule has 2 amide bonds. The summed E-state index contributed by atoms with van der Waals surface area (Å²) in [6.07, 6.45) is 1.52. The van der Waals surface area contributed by atoms with Crippen LogP contribution in [0.4, 0.5) is 5.69 Å². The van der Waals surface area contributed by atoms with Crippen LogP contribution >= 0.6 is 11.6 Å². The Morgan fingerprint density at radius 3 is 2.29 bits per heavy atom. The van der Waals surface area contributed by atoms with E-state index < -0.39 is 11.8 Å². The van der Waals surface area contributed by atoms with E-state index in [4.69, 9.17) is 11.6 Å². The maximum atomic E-state index is 12.1. The van der Waals surface area contributed by atoms with Gasteiger partial charge in [0.15, 0.2) is 0 Å². The summed E-state index contributed by atoms with van der Waals surface area (Å²) >= 11 is 6.27. The molecule has 1 heterocycles. The molecule has 0 atom stereocenters. The van der Waals surface area contributed by atoms with Gasteiger partial charge in [-0.05, 0) is 81.6 Å². The van der Waals surface area contributed by atoms with Gasteiger partial charge in [0, 0.05) is 33.3 Å². The number of hydrogen-bond acceptors (Lipinski definition) is 3. The number of nitrogens with zero attached hydrogens (tertiary/aromatic N) is 2. The molecule has 0 aliphatic heterocycles. The standard InChI is InChI=1S/C24H25ClN4O2/c1-14-6-8-20(10-16(14)3)27-23(30)24(31)28-26-13-19-11-17(4)29(18(19)5)21-9-7-15(2)22(25)12-21/h6-13H,1-5H3,(H,27,30)(H,28,31)/b26-13-. The molecule has 0 fully saturated rings. The number of amides is 2. The first-order valence-corrected chi connectivity index (χ1v) is 10.2. The second-order valence-corrected chi connectivity index (χ2v) is 7.95. The molecule has 0 bridgehead atoms. The fourth-order valence-corrected chi connectivity index (χ4v) is 3.43. The van der Waals surface area contributed by atoms with Gasteiger partial charge in [0.2, 0.25) is 0 Å². The van der Waals surface area contributed by atoms with Gasteiger partial charge in [-0.1, -0.05) is 23.7 Å². The Kier molecular flexibility index (Phi) is 6.61. The molecule has 2 N–H and O–H groups in total. The van der Waals surface area contributed by atoms with E-state index in [9.17, 15) is 9.59 Å². The van der Waals surface area contributed by atoms with Crippen molar-refractivity contribution in [2.45, 2.75) is 34.6 Å². The lowest BCUT2D eigenvalue weighted by Crippen LogP contribution is -2.32. The van der Waals surface area contributed by atoms with Gasteiger partial charge in [-0.3, -0.25) is 9.59 Å². The molecule has 2 aromatic carbocycles.